The SMILES string of the molecule is CCNC1CCC(OCC(O)COCCOC)CC1. The molecule has 1 aliphatic rings. The molecule has 114 valence electrons. The molecule has 2 N–H and O–H groups in total. The van der Waals surface area contributed by atoms with Crippen molar-refractivity contribution in [3.63, 3.8) is 0 Å². The minimum Gasteiger partial charge on any atom is -0.388 e. The van der Waals surface area contributed by atoms with E-state index in [1.807, 2.05) is 0 Å². The van der Waals surface area contributed by atoms with Crippen LogP contribution < -0.4 is 5.32 Å². The van der Waals surface area contributed by atoms with E-state index in [0.717, 1.165) is 19.4 Å². The monoisotopic (exact) mass is 275 g/mol. The van der Waals surface area contributed by atoms with E-state index >= 15 is 0 Å². The van der Waals surface area contributed by atoms with Gasteiger partial charge in [-0.15, -0.1) is 0 Å². The van der Waals surface area contributed by atoms with Crippen molar-refractivity contribution in [3.05, 3.63) is 0 Å². The summed E-state index contributed by atoms with van der Waals surface area (Å²) in [5.41, 5.74) is 0. The zero-order valence-electron chi connectivity index (χ0n) is 12.3. The summed E-state index contributed by atoms with van der Waals surface area (Å²) in [5.74, 6) is 0. The molecule has 1 atom stereocenters. The number of hydrogen-bond acceptors (Lipinski definition) is 5. The second-order valence-electron chi connectivity index (χ2n) is 5.09. The first-order chi connectivity index (χ1) is 9.26. The molecule has 19 heavy (non-hydrogen) atoms. The molecule has 1 saturated carbocycles. The van der Waals surface area contributed by atoms with Gasteiger partial charge in [0.2, 0.25) is 0 Å². The first-order valence-electron chi connectivity index (χ1n) is 7.36. The molecule has 0 aliphatic heterocycles. The molecule has 1 rings (SSSR count). The summed E-state index contributed by atoms with van der Waals surface area (Å²) in [6.45, 7) is 4.93. The van der Waals surface area contributed by atoms with Crippen LogP contribution in [0.25, 0.3) is 0 Å². The van der Waals surface area contributed by atoms with Gasteiger partial charge in [-0.1, -0.05) is 6.92 Å². The quantitative estimate of drug-likeness (QED) is 0.581. The Balaban J connectivity index is 2.00. The molecule has 0 aromatic heterocycles. The number of hydrogen-bond donors (Lipinski definition) is 2. The summed E-state index contributed by atoms with van der Waals surface area (Å²) in [5, 5.41) is 13.2. The lowest BCUT2D eigenvalue weighted by atomic mass is 9.93. The Labute approximate surface area is 116 Å². The van der Waals surface area contributed by atoms with Gasteiger partial charge in [0.25, 0.3) is 0 Å². The van der Waals surface area contributed by atoms with Crippen molar-refractivity contribution in [2.45, 2.75) is 50.9 Å². The number of aliphatic hydroxyl groups excluding tert-OH is 1. The van der Waals surface area contributed by atoms with Crippen molar-refractivity contribution >= 4 is 0 Å². The lowest BCUT2D eigenvalue weighted by Gasteiger charge is -2.29. The molecule has 0 saturated heterocycles. The smallest absolute Gasteiger partial charge is 0.101 e. The summed E-state index contributed by atoms with van der Waals surface area (Å²) in [6, 6.07) is 0.646. The van der Waals surface area contributed by atoms with Crippen LogP contribution in [-0.4, -0.2) is 63.4 Å². The maximum Gasteiger partial charge on any atom is 0.101 e. The molecule has 0 radical (unpaired) electrons. The van der Waals surface area contributed by atoms with E-state index in [-0.39, 0.29) is 0 Å². The highest BCUT2D eigenvalue weighted by atomic mass is 16.5. The summed E-state index contributed by atoms with van der Waals surface area (Å²) < 4.78 is 15.9. The average Bonchev–Trinajstić information content (AvgIpc) is 2.43. The second kappa shape index (κ2) is 10.6. The van der Waals surface area contributed by atoms with Crippen LogP contribution >= 0.6 is 0 Å². The van der Waals surface area contributed by atoms with E-state index < -0.39 is 6.10 Å². The predicted molar refractivity (Wildman–Crippen MR) is 74.4 cm³/mol. The molecule has 0 spiro atoms. The van der Waals surface area contributed by atoms with Crippen LogP contribution in [0.1, 0.15) is 32.6 Å². The van der Waals surface area contributed by atoms with Crippen LogP contribution in [0.2, 0.25) is 0 Å². The van der Waals surface area contributed by atoms with E-state index in [4.69, 9.17) is 14.2 Å². The topological polar surface area (TPSA) is 60.0 Å². The van der Waals surface area contributed by atoms with Crippen LogP contribution in [0, 0.1) is 0 Å². The molecule has 0 heterocycles. The van der Waals surface area contributed by atoms with E-state index in [1.54, 1.807) is 7.11 Å². The van der Waals surface area contributed by atoms with E-state index in [1.165, 1.54) is 12.8 Å². The fourth-order valence-electron chi connectivity index (χ4n) is 2.38. The van der Waals surface area contributed by atoms with Crippen molar-refractivity contribution in [3.8, 4) is 0 Å². The van der Waals surface area contributed by atoms with Gasteiger partial charge in [0.15, 0.2) is 0 Å². The van der Waals surface area contributed by atoms with Crippen LogP contribution in [-0.2, 0) is 14.2 Å². The third kappa shape index (κ3) is 7.84. The Kier molecular flexibility index (Phi) is 9.38. The Morgan fingerprint density at radius 2 is 1.89 bits per heavy atom. The van der Waals surface area contributed by atoms with Gasteiger partial charge in [0.05, 0.1) is 32.5 Å². The number of rotatable bonds is 10. The first-order valence-corrected chi connectivity index (χ1v) is 7.36. The van der Waals surface area contributed by atoms with Gasteiger partial charge >= 0.3 is 0 Å². The van der Waals surface area contributed by atoms with Gasteiger partial charge in [-0.05, 0) is 32.2 Å². The Bertz CT molecular complexity index is 208. The number of nitrogens with one attached hydrogen (secondary N) is 1. The molecular weight excluding hydrogens is 246 g/mol. The highest BCUT2D eigenvalue weighted by Crippen LogP contribution is 2.21. The molecule has 0 amide bonds. The Morgan fingerprint density at radius 1 is 1.16 bits per heavy atom. The van der Waals surface area contributed by atoms with Crippen LogP contribution in [0.3, 0.4) is 0 Å². The van der Waals surface area contributed by atoms with Crippen LogP contribution in [0.5, 0.6) is 0 Å². The summed E-state index contributed by atoms with van der Waals surface area (Å²) in [6.07, 6.45) is 4.24. The van der Waals surface area contributed by atoms with E-state index in [0.29, 0.717) is 38.6 Å². The molecule has 1 fully saturated rings. The van der Waals surface area contributed by atoms with Crippen molar-refractivity contribution < 1.29 is 19.3 Å². The average molecular weight is 275 g/mol. The minimum absolute atomic E-state index is 0.295. The summed E-state index contributed by atoms with van der Waals surface area (Å²) in [4.78, 5) is 0. The maximum atomic E-state index is 9.71. The third-order valence-corrected chi connectivity index (χ3v) is 3.43. The fourth-order valence-corrected chi connectivity index (χ4v) is 2.38. The predicted octanol–water partition coefficient (Wildman–Crippen LogP) is 0.948. The van der Waals surface area contributed by atoms with Crippen molar-refractivity contribution in [2.75, 3.05) is 40.1 Å². The highest BCUT2D eigenvalue weighted by molar-refractivity contribution is 4.77. The molecule has 5 nitrogen and oxygen atoms in total. The number of aliphatic hydroxyl groups is 1. The molecule has 0 aromatic rings. The Morgan fingerprint density at radius 3 is 2.53 bits per heavy atom. The molecule has 5 heteroatoms. The van der Waals surface area contributed by atoms with Gasteiger partial charge in [-0.25, -0.2) is 0 Å². The zero-order chi connectivity index (χ0) is 13.9. The van der Waals surface area contributed by atoms with E-state index in [2.05, 4.69) is 12.2 Å². The lowest BCUT2D eigenvalue weighted by Crippen LogP contribution is -2.36. The fraction of sp³-hybridized carbons (Fsp3) is 1.00. The molecule has 0 aromatic carbocycles. The van der Waals surface area contributed by atoms with Crippen molar-refractivity contribution in [1.82, 2.24) is 5.32 Å². The van der Waals surface area contributed by atoms with Crippen LogP contribution in [0.4, 0.5) is 0 Å². The maximum absolute atomic E-state index is 9.71. The number of ether oxygens (including phenoxy) is 3. The molecule has 1 unspecified atom stereocenters. The molecular formula is C14H29NO4. The summed E-state index contributed by atoms with van der Waals surface area (Å²) >= 11 is 0. The first kappa shape index (κ1) is 16.9. The molecule has 1 aliphatic carbocycles. The highest BCUT2D eigenvalue weighted by Gasteiger charge is 2.21. The number of methoxy groups -OCH3 is 1. The molecule has 0 bridgehead atoms. The van der Waals surface area contributed by atoms with E-state index in [9.17, 15) is 5.11 Å². The van der Waals surface area contributed by atoms with Gasteiger partial charge < -0.3 is 24.6 Å². The largest absolute Gasteiger partial charge is 0.388 e. The van der Waals surface area contributed by atoms with Gasteiger partial charge in [0.1, 0.15) is 6.10 Å². The van der Waals surface area contributed by atoms with Gasteiger partial charge in [0, 0.05) is 13.2 Å². The minimum atomic E-state index is -0.539. The lowest BCUT2D eigenvalue weighted by molar-refractivity contribution is -0.0589. The zero-order valence-corrected chi connectivity index (χ0v) is 12.3. The van der Waals surface area contributed by atoms with Crippen LogP contribution in [0.15, 0.2) is 0 Å². The standard InChI is InChI=1S/C14H29NO4/c1-3-15-12-4-6-14(7-5-12)19-11-13(16)10-18-9-8-17-2/h12-16H,3-11H2,1-2H3. The van der Waals surface area contributed by atoms with Crippen molar-refractivity contribution in [1.29, 1.82) is 0 Å². The summed E-state index contributed by atoms with van der Waals surface area (Å²) in [7, 11) is 1.63. The van der Waals surface area contributed by atoms with Gasteiger partial charge in [-0.2, -0.15) is 0 Å². The Hall–Kier alpha value is -0.200. The normalized spacial score (nSPS) is 25.4. The third-order valence-electron chi connectivity index (χ3n) is 3.43. The second-order valence-corrected chi connectivity index (χ2v) is 5.09. The van der Waals surface area contributed by atoms with Crippen molar-refractivity contribution in [2.24, 2.45) is 0 Å². The van der Waals surface area contributed by atoms with Gasteiger partial charge in [-0.3, -0.25) is 0 Å².